The first kappa shape index (κ1) is 18.4. The lowest BCUT2D eigenvalue weighted by atomic mass is 10.2. The van der Waals surface area contributed by atoms with Crippen LogP contribution < -0.4 is 10.9 Å². The molecule has 0 saturated heterocycles. The highest BCUT2D eigenvalue weighted by atomic mass is 16.6. The second kappa shape index (κ2) is 8.22. The van der Waals surface area contributed by atoms with Crippen molar-refractivity contribution in [3.63, 3.8) is 0 Å². The Bertz CT molecular complexity index is 717. The summed E-state index contributed by atoms with van der Waals surface area (Å²) in [7, 11) is 0. The standard InChI is InChI=1S/C16H22N2O6/c1-9(21)14(8-20)24-16(23)13(7-19)17-11-4-2-10-3-5-15(22)18-12(10)6-11/h2-6,9,13-14,16-17,19-21,23H,7-8H2,1H3,(H,18,22)/t9-,13-,14?,16?/m0/s1. The molecule has 1 heterocycles. The van der Waals surface area contributed by atoms with Gasteiger partial charge in [-0.25, -0.2) is 0 Å². The van der Waals surface area contributed by atoms with Crippen LogP contribution >= 0.6 is 0 Å². The van der Waals surface area contributed by atoms with Crippen LogP contribution in [0.4, 0.5) is 5.69 Å². The van der Waals surface area contributed by atoms with Gasteiger partial charge in [-0.3, -0.25) is 4.79 Å². The molecule has 0 radical (unpaired) electrons. The Morgan fingerprint density at radius 3 is 2.50 bits per heavy atom. The molecule has 4 atom stereocenters. The molecule has 0 fully saturated rings. The molecule has 2 unspecified atom stereocenters. The largest absolute Gasteiger partial charge is 0.394 e. The van der Waals surface area contributed by atoms with Crippen molar-refractivity contribution in [1.82, 2.24) is 4.98 Å². The SMILES string of the molecule is C[C@H](O)C(CO)OC(O)[C@H](CO)Nc1ccc2ccc(=O)[nH]c2c1. The second-order valence-electron chi connectivity index (χ2n) is 5.55. The van der Waals surface area contributed by atoms with Gasteiger partial charge in [0.25, 0.3) is 0 Å². The van der Waals surface area contributed by atoms with Crippen LogP contribution in [0.1, 0.15) is 6.92 Å². The fraction of sp³-hybridized carbons (Fsp3) is 0.438. The summed E-state index contributed by atoms with van der Waals surface area (Å²) >= 11 is 0. The fourth-order valence-corrected chi connectivity index (χ4v) is 2.24. The zero-order valence-electron chi connectivity index (χ0n) is 13.2. The smallest absolute Gasteiger partial charge is 0.248 e. The molecule has 0 aliphatic heterocycles. The summed E-state index contributed by atoms with van der Waals surface area (Å²) in [6, 6.07) is 7.41. The van der Waals surface area contributed by atoms with Gasteiger partial charge in [-0.1, -0.05) is 6.07 Å². The first-order chi connectivity index (χ1) is 11.4. The van der Waals surface area contributed by atoms with Crippen LogP contribution in [-0.2, 0) is 4.74 Å². The Morgan fingerprint density at radius 1 is 1.17 bits per heavy atom. The van der Waals surface area contributed by atoms with E-state index in [1.54, 1.807) is 24.3 Å². The van der Waals surface area contributed by atoms with Crippen molar-refractivity contribution in [3.05, 3.63) is 40.7 Å². The fourth-order valence-electron chi connectivity index (χ4n) is 2.24. The Balaban J connectivity index is 2.13. The van der Waals surface area contributed by atoms with Crippen LogP contribution in [0.25, 0.3) is 10.9 Å². The molecule has 8 nitrogen and oxygen atoms in total. The third-order valence-corrected chi connectivity index (χ3v) is 3.65. The molecule has 2 aromatic rings. The van der Waals surface area contributed by atoms with Crippen LogP contribution in [0.15, 0.2) is 35.1 Å². The third-order valence-electron chi connectivity index (χ3n) is 3.65. The number of aromatic amines is 1. The molecule has 0 aliphatic rings. The van der Waals surface area contributed by atoms with E-state index in [0.717, 1.165) is 5.39 Å². The van der Waals surface area contributed by atoms with Crippen LogP contribution in [0, 0.1) is 0 Å². The number of H-pyrrole nitrogens is 1. The quantitative estimate of drug-likeness (QED) is 0.353. The highest BCUT2D eigenvalue weighted by Gasteiger charge is 2.25. The van der Waals surface area contributed by atoms with Gasteiger partial charge in [0.2, 0.25) is 5.56 Å². The summed E-state index contributed by atoms with van der Waals surface area (Å²) in [6.45, 7) is 0.515. The molecule has 0 aliphatic carbocycles. The highest BCUT2D eigenvalue weighted by molar-refractivity contribution is 5.81. The predicted molar refractivity (Wildman–Crippen MR) is 88.7 cm³/mol. The lowest BCUT2D eigenvalue weighted by Crippen LogP contribution is -2.44. The number of ether oxygens (including phenoxy) is 1. The monoisotopic (exact) mass is 338 g/mol. The molecule has 132 valence electrons. The van der Waals surface area contributed by atoms with E-state index < -0.39 is 37.8 Å². The van der Waals surface area contributed by atoms with Crippen molar-refractivity contribution < 1.29 is 25.2 Å². The molecule has 0 bridgehead atoms. The number of hydrogen-bond donors (Lipinski definition) is 6. The van der Waals surface area contributed by atoms with E-state index in [-0.39, 0.29) is 5.56 Å². The Kier molecular flexibility index (Phi) is 6.29. The van der Waals surface area contributed by atoms with Gasteiger partial charge in [0.15, 0.2) is 6.29 Å². The van der Waals surface area contributed by atoms with E-state index >= 15 is 0 Å². The topological polar surface area (TPSA) is 135 Å². The van der Waals surface area contributed by atoms with E-state index in [2.05, 4.69) is 10.3 Å². The zero-order valence-corrected chi connectivity index (χ0v) is 13.2. The molecule has 8 heteroatoms. The van der Waals surface area contributed by atoms with Crippen LogP contribution in [0.5, 0.6) is 0 Å². The van der Waals surface area contributed by atoms with Gasteiger partial charge < -0.3 is 35.5 Å². The van der Waals surface area contributed by atoms with Gasteiger partial charge in [-0.2, -0.15) is 0 Å². The van der Waals surface area contributed by atoms with E-state index in [1.165, 1.54) is 13.0 Å². The summed E-state index contributed by atoms with van der Waals surface area (Å²) in [5.74, 6) is 0. The minimum Gasteiger partial charge on any atom is -0.394 e. The van der Waals surface area contributed by atoms with E-state index in [4.69, 9.17) is 9.84 Å². The van der Waals surface area contributed by atoms with Crippen LogP contribution in [-0.4, -0.2) is 63.2 Å². The average Bonchev–Trinajstić information content (AvgIpc) is 2.56. The number of aliphatic hydroxyl groups excluding tert-OH is 4. The molecule has 1 aromatic carbocycles. The van der Waals surface area contributed by atoms with Crippen LogP contribution in [0.3, 0.4) is 0 Å². The third kappa shape index (κ3) is 4.53. The maximum atomic E-state index is 11.4. The molecule has 0 saturated carbocycles. The van der Waals surface area contributed by atoms with E-state index in [1.807, 2.05) is 0 Å². The molecule has 1 aromatic heterocycles. The first-order valence-corrected chi connectivity index (χ1v) is 7.57. The predicted octanol–water partition coefficient (Wildman–Crippen LogP) is -0.622. The van der Waals surface area contributed by atoms with Gasteiger partial charge in [0, 0.05) is 11.8 Å². The zero-order chi connectivity index (χ0) is 17.7. The number of nitrogens with one attached hydrogen (secondary N) is 2. The molecule has 24 heavy (non-hydrogen) atoms. The van der Waals surface area contributed by atoms with Crippen LogP contribution in [0.2, 0.25) is 0 Å². The Hall–Kier alpha value is -1.97. The second-order valence-corrected chi connectivity index (χ2v) is 5.55. The van der Waals surface area contributed by atoms with Crippen molar-refractivity contribution in [3.8, 4) is 0 Å². The van der Waals surface area contributed by atoms with Crippen molar-refractivity contribution in [2.24, 2.45) is 0 Å². The van der Waals surface area contributed by atoms with Crippen molar-refractivity contribution in [2.75, 3.05) is 18.5 Å². The molecule has 0 spiro atoms. The maximum absolute atomic E-state index is 11.4. The molecular formula is C16H22N2O6. The van der Waals surface area contributed by atoms with Crippen molar-refractivity contribution >= 4 is 16.6 Å². The maximum Gasteiger partial charge on any atom is 0.248 e. The number of aliphatic hydroxyl groups is 4. The lowest BCUT2D eigenvalue weighted by Gasteiger charge is -2.28. The lowest BCUT2D eigenvalue weighted by molar-refractivity contribution is -0.182. The first-order valence-electron chi connectivity index (χ1n) is 7.57. The van der Waals surface area contributed by atoms with Crippen molar-refractivity contribution in [1.29, 1.82) is 0 Å². The number of pyridine rings is 1. The Morgan fingerprint density at radius 2 is 1.88 bits per heavy atom. The van der Waals surface area contributed by atoms with Gasteiger partial charge in [-0.05, 0) is 30.5 Å². The van der Waals surface area contributed by atoms with Crippen molar-refractivity contribution in [2.45, 2.75) is 31.5 Å². The van der Waals surface area contributed by atoms with Gasteiger partial charge in [0.05, 0.1) is 24.8 Å². The van der Waals surface area contributed by atoms with E-state index in [9.17, 15) is 20.1 Å². The average molecular weight is 338 g/mol. The number of benzene rings is 1. The summed E-state index contributed by atoms with van der Waals surface area (Å²) < 4.78 is 5.17. The van der Waals surface area contributed by atoms with Gasteiger partial charge in [0.1, 0.15) is 12.1 Å². The minimum absolute atomic E-state index is 0.232. The van der Waals surface area contributed by atoms with Gasteiger partial charge in [-0.15, -0.1) is 0 Å². The summed E-state index contributed by atoms with van der Waals surface area (Å²) in [5.41, 5.74) is 0.935. The van der Waals surface area contributed by atoms with Gasteiger partial charge >= 0.3 is 0 Å². The molecule has 6 N–H and O–H groups in total. The number of rotatable bonds is 8. The highest BCUT2D eigenvalue weighted by Crippen LogP contribution is 2.18. The van der Waals surface area contributed by atoms with E-state index in [0.29, 0.717) is 11.2 Å². The number of fused-ring (bicyclic) bond motifs is 1. The summed E-state index contributed by atoms with van der Waals surface area (Å²) in [4.78, 5) is 14.1. The summed E-state index contributed by atoms with van der Waals surface area (Å²) in [6.07, 6.45) is -3.40. The molecular weight excluding hydrogens is 316 g/mol. The normalized spacial score (nSPS) is 16.5. The summed E-state index contributed by atoms with van der Waals surface area (Å²) in [5, 5.41) is 41.8. The number of hydrogen-bond acceptors (Lipinski definition) is 7. The minimum atomic E-state index is -1.45. The molecule has 2 rings (SSSR count). The number of anilines is 1. The molecule has 0 amide bonds. The Labute approximate surface area is 138 Å². The number of aromatic nitrogens is 1.